The van der Waals surface area contributed by atoms with Gasteiger partial charge >= 0.3 is 6.01 Å². The lowest BCUT2D eigenvalue weighted by Gasteiger charge is -2.44. The van der Waals surface area contributed by atoms with Gasteiger partial charge in [0, 0.05) is 57.3 Å². The number of benzene rings is 1. The fourth-order valence-electron chi connectivity index (χ4n) is 4.56. The van der Waals surface area contributed by atoms with E-state index in [0.717, 1.165) is 44.4 Å². The maximum atomic E-state index is 9.54. The minimum absolute atomic E-state index is 0.273. The second-order valence-electron chi connectivity index (χ2n) is 7.85. The molecule has 0 unspecified atom stereocenters. The van der Waals surface area contributed by atoms with Crippen LogP contribution in [0.4, 0.5) is 0 Å². The molecule has 1 aromatic carbocycles. The average Bonchev–Trinajstić information content (AvgIpc) is 3.25. The summed E-state index contributed by atoms with van der Waals surface area (Å²) in [5, 5.41) is 9.54. The third kappa shape index (κ3) is 4.87. The van der Waals surface area contributed by atoms with E-state index in [1.165, 1.54) is 31.2 Å². The molecule has 0 spiro atoms. The number of rotatable bonds is 7. The first-order valence-electron chi connectivity index (χ1n) is 10.4. The van der Waals surface area contributed by atoms with Gasteiger partial charge in [0.05, 0.1) is 0 Å². The van der Waals surface area contributed by atoms with Gasteiger partial charge in [0.15, 0.2) is 0 Å². The summed E-state index contributed by atoms with van der Waals surface area (Å²) in [5.41, 5.74) is 1.28. The molecule has 0 amide bonds. The molecule has 0 bridgehead atoms. The van der Waals surface area contributed by atoms with Crippen LogP contribution in [0, 0.1) is 0 Å². The number of hydrogen-bond donors (Lipinski definition) is 1. The number of aliphatic hydroxyl groups is 1. The highest BCUT2D eigenvalue weighted by Crippen LogP contribution is 2.28. The molecule has 1 N–H and O–H groups in total. The predicted molar refractivity (Wildman–Crippen MR) is 108 cm³/mol. The number of aliphatic hydroxyl groups excluding tert-OH is 1. The number of aromatic nitrogens is 2. The molecule has 6 nitrogen and oxygen atoms in total. The minimum Gasteiger partial charge on any atom is -0.424 e. The van der Waals surface area contributed by atoms with Gasteiger partial charge in [-0.25, -0.2) is 9.97 Å². The van der Waals surface area contributed by atoms with E-state index < -0.39 is 0 Å². The van der Waals surface area contributed by atoms with Crippen molar-refractivity contribution in [2.45, 2.75) is 50.7 Å². The van der Waals surface area contributed by atoms with E-state index in [4.69, 9.17) is 4.74 Å². The van der Waals surface area contributed by atoms with Crippen LogP contribution >= 0.6 is 0 Å². The van der Waals surface area contributed by atoms with Gasteiger partial charge in [0.2, 0.25) is 0 Å². The molecule has 4 rings (SSSR count). The Morgan fingerprint density at radius 1 is 1.04 bits per heavy atom. The minimum atomic E-state index is 0.273. The Balaban J connectivity index is 1.33. The van der Waals surface area contributed by atoms with Crippen molar-refractivity contribution in [1.82, 2.24) is 19.8 Å². The highest BCUT2D eigenvalue weighted by atomic mass is 16.5. The fourth-order valence-corrected chi connectivity index (χ4v) is 4.56. The number of hydrogen-bond acceptors (Lipinski definition) is 6. The van der Waals surface area contributed by atoms with Gasteiger partial charge in [-0.1, -0.05) is 25.0 Å². The predicted octanol–water partition coefficient (Wildman–Crippen LogP) is 3.08. The summed E-state index contributed by atoms with van der Waals surface area (Å²) in [4.78, 5) is 13.4. The Labute approximate surface area is 167 Å². The molecular weight excluding hydrogens is 352 g/mol. The smallest absolute Gasteiger partial charge is 0.321 e. The van der Waals surface area contributed by atoms with E-state index in [9.17, 15) is 5.11 Å². The van der Waals surface area contributed by atoms with Gasteiger partial charge in [-0.2, -0.15) is 0 Å². The Morgan fingerprint density at radius 3 is 2.50 bits per heavy atom. The highest BCUT2D eigenvalue weighted by Gasteiger charge is 2.32. The van der Waals surface area contributed by atoms with E-state index in [1.54, 1.807) is 18.5 Å². The SMILES string of the molecule is OCC[C@H]1CN(Cc2ccc(Oc3ncccn3)cc2)CCN1C1CCCC1. The Bertz CT molecular complexity index is 719. The topological polar surface area (TPSA) is 61.7 Å². The molecule has 1 aromatic heterocycles. The molecule has 2 fully saturated rings. The Kier molecular flexibility index (Phi) is 6.52. The van der Waals surface area contributed by atoms with Crippen LogP contribution in [-0.2, 0) is 6.54 Å². The maximum Gasteiger partial charge on any atom is 0.321 e. The molecule has 1 saturated heterocycles. The van der Waals surface area contributed by atoms with Gasteiger partial charge in [0.25, 0.3) is 0 Å². The Hall–Kier alpha value is -2.02. The van der Waals surface area contributed by atoms with Gasteiger partial charge in [-0.15, -0.1) is 0 Å². The van der Waals surface area contributed by atoms with Crippen molar-refractivity contribution in [2.75, 3.05) is 26.2 Å². The maximum absolute atomic E-state index is 9.54. The third-order valence-corrected chi connectivity index (χ3v) is 5.95. The van der Waals surface area contributed by atoms with E-state index in [2.05, 4.69) is 31.9 Å². The third-order valence-electron chi connectivity index (χ3n) is 5.95. The fraction of sp³-hybridized carbons (Fsp3) is 0.545. The van der Waals surface area contributed by atoms with Crippen molar-refractivity contribution in [3.05, 3.63) is 48.3 Å². The van der Waals surface area contributed by atoms with Gasteiger partial charge in [0.1, 0.15) is 5.75 Å². The highest BCUT2D eigenvalue weighted by molar-refractivity contribution is 5.29. The zero-order valence-electron chi connectivity index (χ0n) is 16.4. The standard InChI is InChI=1S/C22H30N4O2/c27-15-10-20-17-25(13-14-26(20)19-4-1-2-5-19)16-18-6-8-21(9-7-18)28-22-23-11-3-12-24-22/h3,6-9,11-12,19-20,27H,1-2,4-5,10,13-17H2/t20-/m0/s1. The van der Waals surface area contributed by atoms with E-state index in [0.29, 0.717) is 12.1 Å². The van der Waals surface area contributed by atoms with Crippen molar-refractivity contribution < 1.29 is 9.84 Å². The molecule has 0 radical (unpaired) electrons. The first-order chi connectivity index (χ1) is 13.8. The van der Waals surface area contributed by atoms with Crippen LogP contribution in [0.5, 0.6) is 11.8 Å². The molecule has 2 aromatic rings. The number of nitrogens with zero attached hydrogens (tertiary/aromatic N) is 4. The van der Waals surface area contributed by atoms with Crippen LogP contribution in [0.15, 0.2) is 42.7 Å². The summed E-state index contributed by atoms with van der Waals surface area (Å²) < 4.78 is 5.67. The lowest BCUT2D eigenvalue weighted by molar-refractivity contribution is 0.0267. The Morgan fingerprint density at radius 2 is 1.79 bits per heavy atom. The molecule has 1 atom stereocenters. The summed E-state index contributed by atoms with van der Waals surface area (Å²) in [6, 6.07) is 11.5. The summed E-state index contributed by atoms with van der Waals surface area (Å²) in [5.74, 6) is 0.749. The molecule has 1 aliphatic carbocycles. The van der Waals surface area contributed by atoms with Crippen molar-refractivity contribution in [1.29, 1.82) is 0 Å². The lowest BCUT2D eigenvalue weighted by Crippen LogP contribution is -2.55. The van der Waals surface area contributed by atoms with Crippen LogP contribution in [0.25, 0.3) is 0 Å². The molecule has 6 heteroatoms. The number of ether oxygens (including phenoxy) is 1. The zero-order chi connectivity index (χ0) is 19.2. The molecular formula is C22H30N4O2. The normalized spacial score (nSPS) is 21.8. The summed E-state index contributed by atoms with van der Waals surface area (Å²) in [6.45, 7) is 4.45. The number of piperazine rings is 1. The summed E-state index contributed by atoms with van der Waals surface area (Å²) >= 11 is 0. The van der Waals surface area contributed by atoms with Crippen LogP contribution in [-0.4, -0.2) is 63.2 Å². The van der Waals surface area contributed by atoms with Gasteiger partial charge in [-0.05, 0) is 43.0 Å². The second kappa shape index (κ2) is 9.45. The van der Waals surface area contributed by atoms with Gasteiger partial charge < -0.3 is 9.84 Å². The quantitative estimate of drug-likeness (QED) is 0.794. The van der Waals surface area contributed by atoms with Crippen LogP contribution in [0.3, 0.4) is 0 Å². The molecule has 1 aliphatic heterocycles. The molecule has 2 heterocycles. The van der Waals surface area contributed by atoms with Crippen LogP contribution in [0.2, 0.25) is 0 Å². The van der Waals surface area contributed by atoms with E-state index in [1.807, 2.05) is 12.1 Å². The van der Waals surface area contributed by atoms with Crippen molar-refractivity contribution in [3.8, 4) is 11.8 Å². The summed E-state index contributed by atoms with van der Waals surface area (Å²) in [6.07, 6.45) is 9.59. The first-order valence-corrected chi connectivity index (χ1v) is 10.4. The largest absolute Gasteiger partial charge is 0.424 e. The van der Waals surface area contributed by atoms with Crippen molar-refractivity contribution >= 4 is 0 Å². The van der Waals surface area contributed by atoms with Crippen LogP contribution in [0.1, 0.15) is 37.7 Å². The lowest BCUT2D eigenvalue weighted by atomic mass is 10.0. The molecule has 150 valence electrons. The summed E-state index contributed by atoms with van der Waals surface area (Å²) in [7, 11) is 0. The second-order valence-corrected chi connectivity index (χ2v) is 7.85. The van der Waals surface area contributed by atoms with E-state index in [-0.39, 0.29) is 6.61 Å². The van der Waals surface area contributed by atoms with Crippen LogP contribution < -0.4 is 4.74 Å². The van der Waals surface area contributed by atoms with Crippen molar-refractivity contribution in [3.63, 3.8) is 0 Å². The zero-order valence-corrected chi connectivity index (χ0v) is 16.4. The van der Waals surface area contributed by atoms with Crippen molar-refractivity contribution in [2.24, 2.45) is 0 Å². The van der Waals surface area contributed by atoms with E-state index >= 15 is 0 Å². The first kappa shape index (κ1) is 19.3. The monoisotopic (exact) mass is 382 g/mol. The van der Waals surface area contributed by atoms with Gasteiger partial charge in [-0.3, -0.25) is 9.80 Å². The molecule has 2 aliphatic rings. The molecule has 28 heavy (non-hydrogen) atoms. The average molecular weight is 383 g/mol. The molecule has 1 saturated carbocycles.